The van der Waals surface area contributed by atoms with Gasteiger partial charge in [0.1, 0.15) is 5.82 Å². The average Bonchev–Trinajstić information content (AvgIpc) is 2.48. The average molecular weight is 348 g/mol. The van der Waals surface area contributed by atoms with Crippen molar-refractivity contribution in [2.75, 3.05) is 10.5 Å². The molecule has 0 saturated carbocycles. The number of anilines is 2. The van der Waals surface area contributed by atoms with Crippen molar-refractivity contribution in [2.45, 2.75) is 25.7 Å². The molecule has 0 bridgehead atoms. The van der Waals surface area contributed by atoms with E-state index in [1.165, 1.54) is 12.1 Å². The van der Waals surface area contributed by atoms with E-state index in [9.17, 15) is 12.8 Å². The van der Waals surface area contributed by atoms with E-state index in [-0.39, 0.29) is 4.90 Å². The molecule has 4 nitrogen and oxygen atoms in total. The third kappa shape index (κ3) is 4.35. The summed E-state index contributed by atoms with van der Waals surface area (Å²) in [6, 6.07) is 9.62. The molecule has 0 aliphatic carbocycles. The van der Waals surface area contributed by atoms with Gasteiger partial charge in [0, 0.05) is 16.9 Å². The highest BCUT2D eigenvalue weighted by Crippen LogP contribution is 2.27. The SMILES string of the molecule is C/C(=C/C(C)C)c1cc(NS(=O)(=O)c2ccc(F)cc2)ccc1N. The van der Waals surface area contributed by atoms with E-state index in [4.69, 9.17) is 5.73 Å². The first-order valence-corrected chi connectivity index (χ1v) is 9.04. The van der Waals surface area contributed by atoms with Gasteiger partial charge >= 0.3 is 0 Å². The van der Waals surface area contributed by atoms with E-state index in [0.29, 0.717) is 17.3 Å². The lowest BCUT2D eigenvalue weighted by Crippen LogP contribution is -2.13. The standard InChI is InChI=1S/C18H21FN2O2S/c1-12(2)10-13(3)17-11-15(6-9-18(17)20)21-24(22,23)16-7-4-14(19)5-8-16/h4-12,21H,20H2,1-3H3/b13-10-. The molecule has 3 N–H and O–H groups in total. The van der Waals surface area contributed by atoms with Crippen LogP contribution in [-0.4, -0.2) is 8.42 Å². The topological polar surface area (TPSA) is 72.2 Å². The molecule has 0 atom stereocenters. The summed E-state index contributed by atoms with van der Waals surface area (Å²) in [6.07, 6.45) is 2.06. The van der Waals surface area contributed by atoms with Crippen LogP contribution in [0, 0.1) is 11.7 Å². The van der Waals surface area contributed by atoms with Crippen molar-refractivity contribution in [3.63, 3.8) is 0 Å². The van der Waals surface area contributed by atoms with E-state index >= 15 is 0 Å². The van der Waals surface area contributed by atoms with E-state index in [1.54, 1.807) is 18.2 Å². The molecule has 0 unspecified atom stereocenters. The van der Waals surface area contributed by atoms with E-state index in [2.05, 4.69) is 24.6 Å². The molecule has 0 heterocycles. The summed E-state index contributed by atoms with van der Waals surface area (Å²) in [6.45, 7) is 6.05. The maximum absolute atomic E-state index is 13.0. The maximum atomic E-state index is 13.0. The van der Waals surface area contributed by atoms with Crippen LogP contribution in [0.1, 0.15) is 26.3 Å². The second-order valence-electron chi connectivity index (χ2n) is 5.96. The molecule has 2 aromatic rings. The van der Waals surface area contributed by atoms with Gasteiger partial charge in [-0.15, -0.1) is 0 Å². The first-order valence-electron chi connectivity index (χ1n) is 7.56. The Labute approximate surface area is 142 Å². The third-order valence-electron chi connectivity index (χ3n) is 3.44. The van der Waals surface area contributed by atoms with Crippen LogP contribution in [-0.2, 0) is 10.0 Å². The van der Waals surface area contributed by atoms with Gasteiger partial charge in [-0.2, -0.15) is 0 Å². The van der Waals surface area contributed by atoms with Gasteiger partial charge in [-0.25, -0.2) is 12.8 Å². The molecule has 0 amide bonds. The number of hydrogen-bond acceptors (Lipinski definition) is 3. The van der Waals surface area contributed by atoms with Crippen molar-refractivity contribution >= 4 is 27.0 Å². The van der Waals surface area contributed by atoms with E-state index < -0.39 is 15.8 Å². The number of halogens is 1. The van der Waals surface area contributed by atoms with Gasteiger partial charge in [-0.05, 0) is 60.9 Å². The lowest BCUT2D eigenvalue weighted by molar-refractivity contribution is 0.599. The van der Waals surface area contributed by atoms with Gasteiger partial charge in [0.15, 0.2) is 0 Å². The quantitative estimate of drug-likeness (QED) is 0.793. The minimum atomic E-state index is -3.79. The van der Waals surface area contributed by atoms with Crippen molar-refractivity contribution in [2.24, 2.45) is 5.92 Å². The summed E-state index contributed by atoms with van der Waals surface area (Å²) in [4.78, 5) is -0.00304. The minimum Gasteiger partial charge on any atom is -0.398 e. The summed E-state index contributed by atoms with van der Waals surface area (Å²) >= 11 is 0. The number of allylic oxidation sites excluding steroid dienone is 2. The number of rotatable bonds is 5. The van der Waals surface area contributed by atoms with Crippen LogP contribution in [0.25, 0.3) is 5.57 Å². The molecule has 6 heteroatoms. The molecule has 128 valence electrons. The molecule has 0 spiro atoms. The van der Waals surface area contributed by atoms with Crippen LogP contribution in [0.15, 0.2) is 53.4 Å². The molecule has 24 heavy (non-hydrogen) atoms. The molecule has 0 aromatic heterocycles. The number of benzene rings is 2. The zero-order chi connectivity index (χ0) is 17.9. The second-order valence-corrected chi connectivity index (χ2v) is 7.64. The Hall–Kier alpha value is -2.34. The fourth-order valence-electron chi connectivity index (χ4n) is 2.38. The number of nitrogens with two attached hydrogens (primary N) is 1. The van der Waals surface area contributed by atoms with Crippen molar-refractivity contribution in [1.29, 1.82) is 0 Å². The summed E-state index contributed by atoms with van der Waals surface area (Å²) in [5.74, 6) is -0.137. The van der Waals surface area contributed by atoms with Crippen LogP contribution in [0.3, 0.4) is 0 Å². The Morgan fingerprint density at radius 1 is 1.17 bits per heavy atom. The Bertz CT molecular complexity index is 857. The Kier molecular flexibility index (Phi) is 5.29. The fraction of sp³-hybridized carbons (Fsp3) is 0.222. The van der Waals surface area contributed by atoms with Crippen molar-refractivity contribution in [3.8, 4) is 0 Å². The van der Waals surface area contributed by atoms with Crippen molar-refractivity contribution in [1.82, 2.24) is 0 Å². The largest absolute Gasteiger partial charge is 0.398 e. The van der Waals surface area contributed by atoms with Gasteiger partial charge in [0.2, 0.25) is 0 Å². The maximum Gasteiger partial charge on any atom is 0.261 e. The van der Waals surface area contributed by atoms with Gasteiger partial charge in [-0.3, -0.25) is 4.72 Å². The second kappa shape index (κ2) is 7.05. The predicted octanol–water partition coefficient (Wildman–Crippen LogP) is 4.27. The predicted molar refractivity (Wildman–Crippen MR) is 96.6 cm³/mol. The van der Waals surface area contributed by atoms with Crippen molar-refractivity contribution in [3.05, 3.63) is 59.9 Å². The normalized spacial score (nSPS) is 12.5. The number of sulfonamides is 1. The molecule has 0 aliphatic rings. The van der Waals surface area contributed by atoms with Crippen molar-refractivity contribution < 1.29 is 12.8 Å². The monoisotopic (exact) mass is 348 g/mol. The lowest BCUT2D eigenvalue weighted by atomic mass is 10.0. The van der Waals surface area contributed by atoms with Crippen LogP contribution >= 0.6 is 0 Å². The fourth-order valence-corrected chi connectivity index (χ4v) is 3.43. The van der Waals surface area contributed by atoms with Crippen LogP contribution in [0.2, 0.25) is 0 Å². The first-order chi connectivity index (χ1) is 11.2. The van der Waals surface area contributed by atoms with Gasteiger partial charge in [-0.1, -0.05) is 19.9 Å². The number of nitrogen functional groups attached to an aromatic ring is 1. The molecule has 0 saturated heterocycles. The molecule has 2 rings (SSSR count). The summed E-state index contributed by atoms with van der Waals surface area (Å²) < 4.78 is 40.2. The Morgan fingerprint density at radius 2 is 1.79 bits per heavy atom. The van der Waals surface area contributed by atoms with Crippen LogP contribution < -0.4 is 10.5 Å². The van der Waals surface area contributed by atoms with Gasteiger partial charge < -0.3 is 5.73 Å². The summed E-state index contributed by atoms with van der Waals surface area (Å²) in [5.41, 5.74) is 8.74. The van der Waals surface area contributed by atoms with Gasteiger partial charge in [0.25, 0.3) is 10.0 Å². The van der Waals surface area contributed by atoms with Crippen LogP contribution in [0.4, 0.5) is 15.8 Å². The van der Waals surface area contributed by atoms with E-state index in [0.717, 1.165) is 23.3 Å². The number of hydrogen-bond donors (Lipinski definition) is 2. The Balaban J connectivity index is 2.35. The molecular weight excluding hydrogens is 327 g/mol. The molecular formula is C18H21FN2O2S. The smallest absolute Gasteiger partial charge is 0.261 e. The molecule has 0 aliphatic heterocycles. The third-order valence-corrected chi connectivity index (χ3v) is 4.83. The highest BCUT2D eigenvalue weighted by molar-refractivity contribution is 7.92. The highest BCUT2D eigenvalue weighted by atomic mass is 32.2. The number of nitrogens with one attached hydrogen (secondary N) is 1. The Morgan fingerprint density at radius 3 is 2.38 bits per heavy atom. The minimum absolute atomic E-state index is 0.00304. The molecule has 0 fully saturated rings. The van der Waals surface area contributed by atoms with E-state index in [1.807, 2.05) is 6.92 Å². The van der Waals surface area contributed by atoms with Gasteiger partial charge in [0.05, 0.1) is 4.90 Å². The summed E-state index contributed by atoms with van der Waals surface area (Å²) in [7, 11) is -3.79. The summed E-state index contributed by atoms with van der Waals surface area (Å²) in [5, 5.41) is 0. The zero-order valence-electron chi connectivity index (χ0n) is 13.9. The highest BCUT2D eigenvalue weighted by Gasteiger charge is 2.15. The zero-order valence-corrected chi connectivity index (χ0v) is 14.7. The lowest BCUT2D eigenvalue weighted by Gasteiger charge is -2.12. The molecule has 2 aromatic carbocycles. The first kappa shape index (κ1) is 18.0. The molecule has 0 radical (unpaired) electrons. The van der Waals surface area contributed by atoms with Crippen LogP contribution in [0.5, 0.6) is 0 Å².